The highest BCUT2D eigenvalue weighted by Gasteiger charge is 2.23. The smallest absolute Gasteiger partial charge is 0.0995 e. The number of hydrogen-bond donors (Lipinski definition) is 2. The fourth-order valence-electron chi connectivity index (χ4n) is 1.67. The largest absolute Gasteiger partial charge is 0.391 e. The van der Waals surface area contributed by atoms with Crippen molar-refractivity contribution in [2.75, 3.05) is 0 Å². The van der Waals surface area contributed by atoms with Crippen molar-refractivity contribution < 1.29 is 5.11 Å². The van der Waals surface area contributed by atoms with Gasteiger partial charge in [-0.25, -0.2) is 0 Å². The number of nitrogens with two attached hydrogens (primary N) is 1. The Morgan fingerprint density at radius 1 is 1.41 bits per heavy atom. The standard InChI is InChI=1S/C13H18N2O.ClH/c1-3-9(2)13(16)12(15)11-7-5-4-6-10(11)8-14;/h4-7,9,12-13,16H,3,15H2,1-2H3;1H/t9?,12-,13+;/m1./s1. The van der Waals surface area contributed by atoms with Crippen LogP contribution in [0.1, 0.15) is 37.4 Å². The van der Waals surface area contributed by atoms with Crippen molar-refractivity contribution in [2.24, 2.45) is 11.7 Å². The minimum Gasteiger partial charge on any atom is -0.391 e. The van der Waals surface area contributed by atoms with Gasteiger partial charge in [0.25, 0.3) is 0 Å². The van der Waals surface area contributed by atoms with Crippen molar-refractivity contribution in [1.82, 2.24) is 0 Å². The molecule has 0 radical (unpaired) electrons. The first-order valence-corrected chi connectivity index (χ1v) is 5.54. The monoisotopic (exact) mass is 254 g/mol. The predicted octanol–water partition coefficient (Wildman–Crippen LogP) is 2.39. The summed E-state index contributed by atoms with van der Waals surface area (Å²) in [5, 5.41) is 19.0. The number of rotatable bonds is 4. The zero-order chi connectivity index (χ0) is 12.1. The highest BCUT2D eigenvalue weighted by molar-refractivity contribution is 5.85. The van der Waals surface area contributed by atoms with Crippen LogP contribution in [0.3, 0.4) is 0 Å². The molecule has 1 aromatic carbocycles. The molecular weight excluding hydrogens is 236 g/mol. The molecule has 0 amide bonds. The van der Waals surface area contributed by atoms with Crippen molar-refractivity contribution >= 4 is 12.4 Å². The van der Waals surface area contributed by atoms with Gasteiger partial charge in [0.1, 0.15) is 0 Å². The van der Waals surface area contributed by atoms with E-state index in [1.54, 1.807) is 18.2 Å². The summed E-state index contributed by atoms with van der Waals surface area (Å²) in [6.07, 6.45) is 0.253. The quantitative estimate of drug-likeness (QED) is 0.867. The van der Waals surface area contributed by atoms with Gasteiger partial charge in [-0.15, -0.1) is 12.4 Å². The van der Waals surface area contributed by atoms with E-state index in [1.165, 1.54) is 0 Å². The average Bonchev–Trinajstić information content (AvgIpc) is 2.35. The number of nitrogens with zero attached hydrogens (tertiary/aromatic N) is 1. The Hall–Kier alpha value is -1.08. The van der Waals surface area contributed by atoms with E-state index in [0.29, 0.717) is 5.56 Å². The molecule has 0 saturated heterocycles. The Morgan fingerprint density at radius 3 is 2.53 bits per heavy atom. The molecule has 17 heavy (non-hydrogen) atoms. The molecule has 94 valence electrons. The molecule has 0 aliphatic carbocycles. The van der Waals surface area contributed by atoms with Gasteiger partial charge in [0, 0.05) is 0 Å². The first-order chi connectivity index (χ1) is 7.61. The summed E-state index contributed by atoms with van der Waals surface area (Å²) in [5.41, 5.74) is 7.25. The van der Waals surface area contributed by atoms with E-state index < -0.39 is 12.1 Å². The first-order valence-electron chi connectivity index (χ1n) is 5.54. The Kier molecular flexibility index (Phi) is 6.82. The lowest BCUT2D eigenvalue weighted by atomic mass is 9.89. The Morgan fingerprint density at radius 2 is 2.00 bits per heavy atom. The number of aliphatic hydroxyl groups excluding tert-OH is 1. The van der Waals surface area contributed by atoms with Crippen LogP contribution in [0.25, 0.3) is 0 Å². The van der Waals surface area contributed by atoms with Crippen LogP contribution in [0.5, 0.6) is 0 Å². The van der Waals surface area contributed by atoms with Crippen molar-refractivity contribution in [2.45, 2.75) is 32.4 Å². The molecule has 0 aliphatic heterocycles. The maximum atomic E-state index is 10.0. The molecule has 0 spiro atoms. The van der Waals surface area contributed by atoms with Crippen LogP contribution in [0, 0.1) is 17.2 Å². The fraction of sp³-hybridized carbons (Fsp3) is 0.462. The van der Waals surface area contributed by atoms with E-state index >= 15 is 0 Å². The molecule has 0 aromatic heterocycles. The van der Waals surface area contributed by atoms with Gasteiger partial charge in [-0.3, -0.25) is 0 Å². The highest BCUT2D eigenvalue weighted by atomic mass is 35.5. The summed E-state index contributed by atoms with van der Waals surface area (Å²) < 4.78 is 0. The summed E-state index contributed by atoms with van der Waals surface area (Å²) in [6.45, 7) is 3.97. The van der Waals surface area contributed by atoms with Gasteiger partial charge in [0.15, 0.2) is 0 Å². The van der Waals surface area contributed by atoms with Crippen molar-refractivity contribution in [3.8, 4) is 6.07 Å². The molecule has 0 fully saturated rings. The third kappa shape index (κ3) is 3.71. The molecule has 0 aliphatic rings. The van der Waals surface area contributed by atoms with E-state index in [-0.39, 0.29) is 18.3 Å². The zero-order valence-corrected chi connectivity index (χ0v) is 10.9. The van der Waals surface area contributed by atoms with Crippen LogP contribution in [0.2, 0.25) is 0 Å². The van der Waals surface area contributed by atoms with E-state index in [1.807, 2.05) is 19.9 Å². The van der Waals surface area contributed by atoms with Gasteiger partial charge in [-0.05, 0) is 17.5 Å². The lowest BCUT2D eigenvalue weighted by molar-refractivity contribution is 0.0879. The fourth-order valence-corrected chi connectivity index (χ4v) is 1.67. The minimum atomic E-state index is -0.612. The van der Waals surface area contributed by atoms with Crippen LogP contribution in [0.15, 0.2) is 24.3 Å². The normalized spacial score (nSPS) is 15.2. The van der Waals surface area contributed by atoms with E-state index in [2.05, 4.69) is 6.07 Å². The van der Waals surface area contributed by atoms with Crippen LogP contribution in [-0.2, 0) is 0 Å². The maximum Gasteiger partial charge on any atom is 0.0995 e. The molecule has 3 atom stereocenters. The molecule has 0 saturated carbocycles. The summed E-state index contributed by atoms with van der Waals surface area (Å²) >= 11 is 0. The van der Waals surface area contributed by atoms with Crippen molar-refractivity contribution in [3.05, 3.63) is 35.4 Å². The van der Waals surface area contributed by atoms with Gasteiger partial charge in [0.05, 0.1) is 23.8 Å². The third-order valence-electron chi connectivity index (χ3n) is 3.04. The summed E-state index contributed by atoms with van der Waals surface area (Å²) in [4.78, 5) is 0. The Labute approximate surface area is 109 Å². The second-order valence-electron chi connectivity index (χ2n) is 4.10. The molecule has 3 nitrogen and oxygen atoms in total. The molecule has 1 unspecified atom stereocenters. The molecule has 1 aromatic rings. The Bertz CT molecular complexity index is 389. The lowest BCUT2D eigenvalue weighted by Gasteiger charge is -2.24. The number of benzene rings is 1. The average molecular weight is 255 g/mol. The van der Waals surface area contributed by atoms with E-state index in [0.717, 1.165) is 12.0 Å². The van der Waals surface area contributed by atoms with Gasteiger partial charge in [-0.2, -0.15) is 5.26 Å². The van der Waals surface area contributed by atoms with Gasteiger partial charge in [-0.1, -0.05) is 38.5 Å². The number of hydrogen-bond acceptors (Lipinski definition) is 3. The van der Waals surface area contributed by atoms with Gasteiger partial charge >= 0.3 is 0 Å². The summed E-state index contributed by atoms with van der Waals surface area (Å²) in [6, 6.07) is 8.75. The van der Waals surface area contributed by atoms with E-state index in [9.17, 15) is 5.11 Å². The second-order valence-corrected chi connectivity index (χ2v) is 4.10. The topological polar surface area (TPSA) is 70.0 Å². The SMILES string of the molecule is CCC(C)[C@H](O)[C@H](N)c1ccccc1C#N.Cl. The van der Waals surface area contributed by atoms with Crippen LogP contribution < -0.4 is 5.73 Å². The van der Waals surface area contributed by atoms with Crippen molar-refractivity contribution in [3.63, 3.8) is 0 Å². The number of nitriles is 1. The molecule has 1 rings (SSSR count). The molecule has 4 heteroatoms. The van der Waals surface area contributed by atoms with Gasteiger partial charge < -0.3 is 10.8 Å². The lowest BCUT2D eigenvalue weighted by Crippen LogP contribution is -2.32. The molecular formula is C13H19ClN2O. The first kappa shape index (κ1) is 15.9. The summed E-state index contributed by atoms with van der Waals surface area (Å²) in [7, 11) is 0. The predicted molar refractivity (Wildman–Crippen MR) is 70.8 cm³/mol. The summed E-state index contributed by atoms with van der Waals surface area (Å²) in [5.74, 6) is 0.127. The van der Waals surface area contributed by atoms with Gasteiger partial charge in [0.2, 0.25) is 0 Å². The van der Waals surface area contributed by atoms with Crippen LogP contribution >= 0.6 is 12.4 Å². The Balaban J connectivity index is 0.00000256. The van der Waals surface area contributed by atoms with E-state index in [4.69, 9.17) is 11.0 Å². The van der Waals surface area contributed by atoms with Crippen LogP contribution in [0.4, 0.5) is 0 Å². The zero-order valence-electron chi connectivity index (χ0n) is 10.1. The number of aliphatic hydroxyl groups is 1. The highest BCUT2D eigenvalue weighted by Crippen LogP contribution is 2.23. The molecule has 0 bridgehead atoms. The molecule has 3 N–H and O–H groups in total. The maximum absolute atomic E-state index is 10.0. The number of halogens is 1. The molecule has 0 heterocycles. The minimum absolute atomic E-state index is 0. The van der Waals surface area contributed by atoms with Crippen LogP contribution in [-0.4, -0.2) is 11.2 Å². The third-order valence-corrected chi connectivity index (χ3v) is 3.04. The second kappa shape index (κ2) is 7.29. The van der Waals surface area contributed by atoms with Crippen molar-refractivity contribution in [1.29, 1.82) is 5.26 Å².